The van der Waals surface area contributed by atoms with Crippen LogP contribution in [0.3, 0.4) is 0 Å². The standard InChI is InChI=1S/C22H31BN2O4/c1-6-7-8-9-16(26)13-25-14-18(20(24)27)17-12-15(10-11-19(17)25)23-28-21(2,3)22(4,5)29-23/h10-12,14H,6-9,13H2,1-5H3,(H2,24,27). The van der Waals surface area contributed by atoms with Gasteiger partial charge in [0.15, 0.2) is 5.78 Å². The van der Waals surface area contributed by atoms with Crippen LogP contribution >= 0.6 is 0 Å². The van der Waals surface area contributed by atoms with E-state index in [1.165, 1.54) is 0 Å². The minimum Gasteiger partial charge on any atom is -0.399 e. The summed E-state index contributed by atoms with van der Waals surface area (Å²) in [5.74, 6) is -0.361. The van der Waals surface area contributed by atoms with Crippen molar-refractivity contribution in [2.75, 3.05) is 0 Å². The second-order valence-electron chi connectivity index (χ2n) is 8.90. The number of aromatic nitrogens is 1. The minimum atomic E-state index is -0.524. The molecule has 1 aliphatic rings. The molecule has 0 bridgehead atoms. The zero-order chi connectivity index (χ0) is 21.4. The lowest BCUT2D eigenvalue weighted by atomic mass is 9.78. The van der Waals surface area contributed by atoms with Gasteiger partial charge in [-0.05, 0) is 45.6 Å². The van der Waals surface area contributed by atoms with E-state index in [1.54, 1.807) is 6.20 Å². The van der Waals surface area contributed by atoms with E-state index in [0.29, 0.717) is 17.4 Å². The fourth-order valence-corrected chi connectivity index (χ4v) is 3.61. The summed E-state index contributed by atoms with van der Waals surface area (Å²) in [7, 11) is -0.524. The number of unbranched alkanes of at least 4 members (excludes halogenated alkanes) is 2. The molecule has 0 spiro atoms. The van der Waals surface area contributed by atoms with Gasteiger partial charge in [-0.1, -0.05) is 31.9 Å². The maximum atomic E-state index is 12.4. The van der Waals surface area contributed by atoms with Crippen molar-refractivity contribution in [1.29, 1.82) is 0 Å². The molecule has 156 valence electrons. The quantitative estimate of drug-likeness (QED) is 0.547. The van der Waals surface area contributed by atoms with E-state index in [1.807, 2.05) is 50.5 Å². The van der Waals surface area contributed by atoms with E-state index >= 15 is 0 Å². The van der Waals surface area contributed by atoms with Crippen molar-refractivity contribution in [3.8, 4) is 0 Å². The van der Waals surface area contributed by atoms with Crippen LogP contribution in [0.25, 0.3) is 10.9 Å². The molecule has 1 fully saturated rings. The van der Waals surface area contributed by atoms with Gasteiger partial charge in [0.05, 0.1) is 23.3 Å². The van der Waals surface area contributed by atoms with Gasteiger partial charge in [0, 0.05) is 23.5 Å². The van der Waals surface area contributed by atoms with Crippen LogP contribution in [0.1, 0.15) is 70.7 Å². The lowest BCUT2D eigenvalue weighted by Gasteiger charge is -2.32. The number of ketones is 1. The summed E-state index contributed by atoms with van der Waals surface area (Å²) in [4.78, 5) is 24.4. The molecule has 0 radical (unpaired) electrons. The summed E-state index contributed by atoms with van der Waals surface area (Å²) < 4.78 is 14.1. The van der Waals surface area contributed by atoms with Gasteiger partial charge in [-0.2, -0.15) is 0 Å². The maximum Gasteiger partial charge on any atom is 0.494 e. The Bertz CT molecular complexity index is 916. The van der Waals surface area contributed by atoms with Gasteiger partial charge in [-0.3, -0.25) is 9.59 Å². The van der Waals surface area contributed by atoms with Crippen molar-refractivity contribution in [1.82, 2.24) is 4.57 Å². The highest BCUT2D eigenvalue weighted by molar-refractivity contribution is 6.62. The van der Waals surface area contributed by atoms with Crippen molar-refractivity contribution >= 4 is 35.2 Å². The second kappa shape index (κ2) is 7.96. The van der Waals surface area contributed by atoms with Crippen LogP contribution in [0.4, 0.5) is 0 Å². The van der Waals surface area contributed by atoms with Gasteiger partial charge in [0.2, 0.25) is 0 Å². The summed E-state index contributed by atoms with van der Waals surface area (Å²) in [6.45, 7) is 10.4. The fourth-order valence-electron chi connectivity index (χ4n) is 3.61. The molecule has 6 nitrogen and oxygen atoms in total. The van der Waals surface area contributed by atoms with Crippen molar-refractivity contribution in [3.05, 3.63) is 30.0 Å². The van der Waals surface area contributed by atoms with Crippen molar-refractivity contribution in [3.63, 3.8) is 0 Å². The maximum absolute atomic E-state index is 12.4. The number of fused-ring (bicyclic) bond motifs is 1. The van der Waals surface area contributed by atoms with Crippen LogP contribution in [-0.2, 0) is 20.6 Å². The lowest BCUT2D eigenvalue weighted by molar-refractivity contribution is -0.119. The molecule has 1 aliphatic heterocycles. The van der Waals surface area contributed by atoms with Crippen LogP contribution in [0, 0.1) is 0 Å². The minimum absolute atomic E-state index is 0.154. The fraction of sp³-hybridized carbons (Fsp3) is 0.545. The van der Waals surface area contributed by atoms with Gasteiger partial charge < -0.3 is 19.6 Å². The van der Waals surface area contributed by atoms with Crippen molar-refractivity contribution in [2.24, 2.45) is 5.73 Å². The summed E-state index contributed by atoms with van der Waals surface area (Å²) >= 11 is 0. The number of carbonyl (C=O) groups is 2. The monoisotopic (exact) mass is 398 g/mol. The van der Waals surface area contributed by atoms with Gasteiger partial charge in [-0.15, -0.1) is 0 Å². The summed E-state index contributed by atoms with van der Waals surface area (Å²) in [5, 5.41) is 0.714. The number of nitrogens with zero attached hydrogens (tertiary/aromatic N) is 1. The third-order valence-electron chi connectivity index (χ3n) is 6.10. The first-order valence-electron chi connectivity index (χ1n) is 10.4. The molecule has 1 saturated heterocycles. The molecule has 29 heavy (non-hydrogen) atoms. The molecule has 2 aromatic rings. The van der Waals surface area contributed by atoms with Gasteiger partial charge in [0.25, 0.3) is 5.91 Å². The van der Waals surface area contributed by atoms with E-state index in [-0.39, 0.29) is 12.3 Å². The highest BCUT2D eigenvalue weighted by Gasteiger charge is 2.51. The third kappa shape index (κ3) is 4.26. The Labute approximate surface area is 172 Å². The highest BCUT2D eigenvalue weighted by Crippen LogP contribution is 2.36. The largest absolute Gasteiger partial charge is 0.494 e. The van der Waals surface area contributed by atoms with Gasteiger partial charge >= 0.3 is 7.12 Å². The number of primary amides is 1. The Morgan fingerprint density at radius 1 is 1.10 bits per heavy atom. The SMILES string of the molecule is CCCCCC(=O)Cn1cc(C(N)=O)c2cc(B3OC(C)(C)C(C)(C)O3)ccc21. The molecule has 0 atom stereocenters. The number of benzene rings is 1. The molecule has 1 aromatic heterocycles. The van der Waals surface area contributed by atoms with Gasteiger partial charge in [-0.25, -0.2) is 0 Å². The van der Waals surface area contributed by atoms with E-state index in [0.717, 1.165) is 30.2 Å². The van der Waals surface area contributed by atoms with Crippen LogP contribution in [0.2, 0.25) is 0 Å². The molecule has 2 N–H and O–H groups in total. The van der Waals surface area contributed by atoms with Crippen molar-refractivity contribution < 1.29 is 18.9 Å². The van der Waals surface area contributed by atoms with E-state index < -0.39 is 24.2 Å². The topological polar surface area (TPSA) is 83.6 Å². The second-order valence-corrected chi connectivity index (χ2v) is 8.90. The molecule has 1 aromatic carbocycles. The van der Waals surface area contributed by atoms with E-state index in [4.69, 9.17) is 15.0 Å². The Morgan fingerprint density at radius 2 is 1.76 bits per heavy atom. The molecule has 7 heteroatoms. The Morgan fingerprint density at radius 3 is 2.34 bits per heavy atom. The predicted molar refractivity (Wildman–Crippen MR) is 115 cm³/mol. The Kier molecular flexibility index (Phi) is 5.92. The summed E-state index contributed by atoms with van der Waals surface area (Å²) in [6.07, 6.45) is 5.24. The zero-order valence-electron chi connectivity index (χ0n) is 18.1. The third-order valence-corrected chi connectivity index (χ3v) is 6.10. The van der Waals surface area contributed by atoms with Crippen LogP contribution in [0.15, 0.2) is 24.4 Å². The lowest BCUT2D eigenvalue weighted by Crippen LogP contribution is -2.41. The molecule has 0 saturated carbocycles. The van der Waals surface area contributed by atoms with Crippen LogP contribution in [0.5, 0.6) is 0 Å². The first kappa shape index (κ1) is 21.6. The summed E-state index contributed by atoms with van der Waals surface area (Å²) in [6, 6.07) is 5.71. The average Bonchev–Trinajstić information content (AvgIpc) is 3.09. The summed E-state index contributed by atoms with van der Waals surface area (Å²) in [5.41, 5.74) is 6.75. The number of amides is 1. The Balaban J connectivity index is 1.91. The molecule has 0 unspecified atom stereocenters. The first-order chi connectivity index (χ1) is 13.6. The molecule has 1 amide bonds. The molecular formula is C22H31BN2O4. The smallest absolute Gasteiger partial charge is 0.399 e. The number of carbonyl (C=O) groups excluding carboxylic acids is 2. The number of rotatable bonds is 8. The first-order valence-corrected chi connectivity index (χ1v) is 10.4. The normalized spacial score (nSPS) is 17.8. The average molecular weight is 398 g/mol. The number of nitrogens with two attached hydrogens (primary N) is 1. The highest BCUT2D eigenvalue weighted by atomic mass is 16.7. The van der Waals surface area contributed by atoms with Crippen LogP contribution in [-0.4, -0.2) is 34.6 Å². The predicted octanol–water partition coefficient (Wildman–Crippen LogP) is 3.19. The van der Waals surface area contributed by atoms with Crippen molar-refractivity contribution in [2.45, 2.75) is 78.0 Å². The number of Topliss-reactive ketones (excluding diaryl/α,β-unsaturated/α-hetero) is 1. The number of hydrogen-bond acceptors (Lipinski definition) is 4. The number of hydrogen-bond donors (Lipinski definition) is 1. The zero-order valence-corrected chi connectivity index (χ0v) is 18.1. The molecule has 3 rings (SSSR count). The van der Waals surface area contributed by atoms with Gasteiger partial charge in [0.1, 0.15) is 0 Å². The van der Waals surface area contributed by atoms with E-state index in [2.05, 4.69) is 6.92 Å². The molecular weight excluding hydrogens is 367 g/mol. The van der Waals surface area contributed by atoms with Crippen LogP contribution < -0.4 is 11.2 Å². The Hall–Kier alpha value is -2.12. The van der Waals surface area contributed by atoms with E-state index in [9.17, 15) is 9.59 Å². The molecule has 0 aliphatic carbocycles. The molecule has 2 heterocycles.